The highest BCUT2D eigenvalue weighted by atomic mass is 16.1. The van der Waals surface area contributed by atoms with E-state index in [-0.39, 0.29) is 11.8 Å². The monoisotopic (exact) mass is 279 g/mol. The van der Waals surface area contributed by atoms with E-state index in [0.29, 0.717) is 12.5 Å². The van der Waals surface area contributed by atoms with Crippen LogP contribution >= 0.6 is 0 Å². The van der Waals surface area contributed by atoms with Gasteiger partial charge in [-0.15, -0.1) is 0 Å². The fourth-order valence-electron chi connectivity index (χ4n) is 4.23. The lowest BCUT2D eigenvalue weighted by Gasteiger charge is -2.20. The summed E-state index contributed by atoms with van der Waals surface area (Å²) >= 11 is 0. The molecular weight excluding hydrogens is 258 g/mol. The summed E-state index contributed by atoms with van der Waals surface area (Å²) in [6.07, 6.45) is 5.01. The Labute approximate surface area is 125 Å². The molecule has 0 spiro atoms. The van der Waals surface area contributed by atoms with E-state index < -0.39 is 0 Å². The second-order valence-corrected chi connectivity index (χ2v) is 6.68. The van der Waals surface area contributed by atoms with Crippen molar-refractivity contribution in [1.29, 1.82) is 0 Å². The predicted octanol–water partition coefficient (Wildman–Crippen LogP) is 3.89. The molecule has 2 bridgehead atoms. The summed E-state index contributed by atoms with van der Waals surface area (Å²) in [4.78, 5) is 12.4. The largest absolute Gasteiger partial charge is 0.352 e. The first-order valence-electron chi connectivity index (χ1n) is 8.05. The normalized spacial score (nSPS) is 27.1. The van der Waals surface area contributed by atoms with E-state index in [0.717, 1.165) is 12.3 Å². The lowest BCUT2D eigenvalue weighted by molar-refractivity contribution is -0.126. The number of rotatable bonds is 3. The first kappa shape index (κ1) is 12.9. The van der Waals surface area contributed by atoms with Crippen molar-refractivity contribution in [2.75, 3.05) is 0 Å². The fourth-order valence-corrected chi connectivity index (χ4v) is 4.23. The number of carbonyl (C=O) groups is 1. The van der Waals surface area contributed by atoms with E-state index >= 15 is 0 Å². The van der Waals surface area contributed by atoms with Crippen molar-refractivity contribution in [3.63, 3.8) is 0 Å². The third-order valence-electron chi connectivity index (χ3n) is 5.36. The van der Waals surface area contributed by atoms with Gasteiger partial charge in [0.1, 0.15) is 0 Å². The fraction of sp³-hybridized carbons (Fsp3) is 0.421. The van der Waals surface area contributed by atoms with Gasteiger partial charge in [-0.05, 0) is 53.5 Å². The minimum atomic E-state index is 0.273. The molecule has 2 fully saturated rings. The second-order valence-electron chi connectivity index (χ2n) is 6.68. The molecule has 2 saturated carbocycles. The highest BCUT2D eigenvalue weighted by molar-refractivity contribution is 5.83. The van der Waals surface area contributed by atoms with Crippen LogP contribution in [0.25, 0.3) is 10.8 Å². The van der Waals surface area contributed by atoms with Crippen LogP contribution in [-0.4, -0.2) is 5.91 Å². The van der Waals surface area contributed by atoms with Gasteiger partial charge in [0.2, 0.25) is 5.91 Å². The standard InChI is InChI=1S/C19H21NO/c21-19(18-11-13-5-8-17(18)9-13)20-12-14-6-7-15-3-1-2-4-16(15)10-14/h1-4,6-7,10,13,17-18H,5,8-9,11-12H2,(H,20,21). The topological polar surface area (TPSA) is 29.1 Å². The zero-order chi connectivity index (χ0) is 14.2. The molecule has 3 unspecified atom stereocenters. The van der Waals surface area contributed by atoms with E-state index in [2.05, 4.69) is 47.8 Å². The Hall–Kier alpha value is -1.83. The maximum atomic E-state index is 12.4. The lowest BCUT2D eigenvalue weighted by atomic mass is 9.88. The van der Waals surface area contributed by atoms with Crippen LogP contribution in [0.3, 0.4) is 0 Å². The summed E-state index contributed by atoms with van der Waals surface area (Å²) in [5.74, 6) is 2.04. The van der Waals surface area contributed by atoms with E-state index in [1.165, 1.54) is 35.6 Å². The van der Waals surface area contributed by atoms with Gasteiger partial charge in [-0.3, -0.25) is 4.79 Å². The van der Waals surface area contributed by atoms with Crippen LogP contribution in [0, 0.1) is 17.8 Å². The van der Waals surface area contributed by atoms with Crippen LogP contribution in [-0.2, 0) is 11.3 Å². The third kappa shape index (κ3) is 2.44. The molecule has 2 aliphatic rings. The first-order valence-corrected chi connectivity index (χ1v) is 8.05. The third-order valence-corrected chi connectivity index (χ3v) is 5.36. The molecule has 1 amide bonds. The Kier molecular flexibility index (Phi) is 3.17. The zero-order valence-electron chi connectivity index (χ0n) is 12.2. The Morgan fingerprint density at radius 2 is 1.90 bits per heavy atom. The number of hydrogen-bond acceptors (Lipinski definition) is 1. The van der Waals surface area contributed by atoms with Crippen molar-refractivity contribution in [1.82, 2.24) is 5.32 Å². The summed E-state index contributed by atoms with van der Waals surface area (Å²) in [5, 5.41) is 5.64. The predicted molar refractivity (Wildman–Crippen MR) is 84.7 cm³/mol. The molecule has 4 rings (SSSR count). The molecular formula is C19H21NO. The number of nitrogens with one attached hydrogen (secondary N) is 1. The number of amides is 1. The molecule has 2 aromatic carbocycles. The van der Waals surface area contributed by atoms with Crippen molar-refractivity contribution in [3.8, 4) is 0 Å². The van der Waals surface area contributed by atoms with Crippen molar-refractivity contribution in [2.45, 2.75) is 32.2 Å². The Morgan fingerprint density at radius 3 is 2.67 bits per heavy atom. The van der Waals surface area contributed by atoms with Crippen LogP contribution in [0.4, 0.5) is 0 Å². The van der Waals surface area contributed by atoms with Crippen LogP contribution in [0.2, 0.25) is 0 Å². The van der Waals surface area contributed by atoms with Gasteiger partial charge >= 0.3 is 0 Å². The molecule has 3 atom stereocenters. The van der Waals surface area contributed by atoms with Gasteiger partial charge in [-0.2, -0.15) is 0 Å². The van der Waals surface area contributed by atoms with E-state index in [1.54, 1.807) is 0 Å². The van der Waals surface area contributed by atoms with Gasteiger partial charge in [0, 0.05) is 12.5 Å². The van der Waals surface area contributed by atoms with Crippen molar-refractivity contribution >= 4 is 16.7 Å². The number of carbonyl (C=O) groups excluding carboxylic acids is 1. The van der Waals surface area contributed by atoms with Gasteiger partial charge in [0.05, 0.1) is 0 Å². The Balaban J connectivity index is 1.42. The smallest absolute Gasteiger partial charge is 0.223 e. The summed E-state index contributed by atoms with van der Waals surface area (Å²) in [7, 11) is 0. The van der Waals surface area contributed by atoms with Gasteiger partial charge < -0.3 is 5.32 Å². The highest BCUT2D eigenvalue weighted by Crippen LogP contribution is 2.48. The quantitative estimate of drug-likeness (QED) is 0.907. The minimum absolute atomic E-state index is 0.273. The van der Waals surface area contributed by atoms with Crippen LogP contribution < -0.4 is 5.32 Å². The highest BCUT2D eigenvalue weighted by Gasteiger charge is 2.42. The number of benzene rings is 2. The van der Waals surface area contributed by atoms with E-state index in [4.69, 9.17) is 0 Å². The van der Waals surface area contributed by atoms with Crippen molar-refractivity contribution < 1.29 is 4.79 Å². The molecule has 0 aromatic heterocycles. The summed E-state index contributed by atoms with van der Waals surface area (Å²) < 4.78 is 0. The molecule has 2 aliphatic carbocycles. The summed E-state index contributed by atoms with van der Waals surface area (Å²) in [6, 6.07) is 14.8. The molecule has 0 radical (unpaired) electrons. The molecule has 1 N–H and O–H groups in total. The average Bonchev–Trinajstić information content (AvgIpc) is 3.15. The maximum Gasteiger partial charge on any atom is 0.223 e. The number of fused-ring (bicyclic) bond motifs is 3. The molecule has 2 aromatic rings. The lowest BCUT2D eigenvalue weighted by Crippen LogP contribution is -2.33. The average molecular weight is 279 g/mol. The first-order chi connectivity index (χ1) is 10.3. The molecule has 21 heavy (non-hydrogen) atoms. The minimum Gasteiger partial charge on any atom is -0.352 e. The zero-order valence-corrected chi connectivity index (χ0v) is 12.2. The summed E-state index contributed by atoms with van der Waals surface area (Å²) in [6.45, 7) is 0.650. The van der Waals surface area contributed by atoms with Crippen LogP contribution in [0.15, 0.2) is 42.5 Å². The number of hydrogen-bond donors (Lipinski definition) is 1. The van der Waals surface area contributed by atoms with Gasteiger partial charge in [-0.1, -0.05) is 42.8 Å². The molecule has 0 aliphatic heterocycles. The van der Waals surface area contributed by atoms with Gasteiger partial charge in [0.15, 0.2) is 0 Å². The van der Waals surface area contributed by atoms with Crippen molar-refractivity contribution in [3.05, 3.63) is 48.0 Å². The van der Waals surface area contributed by atoms with Crippen molar-refractivity contribution in [2.24, 2.45) is 17.8 Å². The maximum absolute atomic E-state index is 12.4. The molecule has 0 heterocycles. The van der Waals surface area contributed by atoms with Crippen LogP contribution in [0.5, 0.6) is 0 Å². The molecule has 2 nitrogen and oxygen atoms in total. The van der Waals surface area contributed by atoms with Crippen LogP contribution in [0.1, 0.15) is 31.2 Å². The summed E-state index contributed by atoms with van der Waals surface area (Å²) in [5.41, 5.74) is 1.19. The SMILES string of the molecule is O=C(NCc1ccc2ccccc2c1)C1CC2CCC1C2. The van der Waals surface area contributed by atoms with Gasteiger partial charge in [-0.25, -0.2) is 0 Å². The Bertz CT molecular complexity index is 678. The molecule has 2 heteroatoms. The molecule has 108 valence electrons. The van der Waals surface area contributed by atoms with E-state index in [1.807, 2.05) is 0 Å². The van der Waals surface area contributed by atoms with E-state index in [9.17, 15) is 4.79 Å². The molecule has 0 saturated heterocycles. The second kappa shape index (κ2) is 5.18. The van der Waals surface area contributed by atoms with Gasteiger partial charge in [0.25, 0.3) is 0 Å². The Morgan fingerprint density at radius 1 is 1.05 bits per heavy atom.